The predicted molar refractivity (Wildman–Crippen MR) is 128 cm³/mol. The van der Waals surface area contributed by atoms with E-state index >= 15 is 0 Å². The van der Waals surface area contributed by atoms with Crippen molar-refractivity contribution in [1.29, 1.82) is 0 Å². The third kappa shape index (κ3) is 4.14. The minimum Gasteiger partial charge on any atom is -0.489 e. The lowest BCUT2D eigenvalue weighted by atomic mass is 9.84. The van der Waals surface area contributed by atoms with Crippen LogP contribution in [-0.4, -0.2) is 42.7 Å². The summed E-state index contributed by atoms with van der Waals surface area (Å²) in [5, 5.41) is 3.15. The number of hydrogen-bond acceptors (Lipinski definition) is 6. The number of allylic oxidation sites excluding steroid dienone is 2. The number of nitrogens with one attached hydrogen (secondary N) is 1. The maximum absolute atomic E-state index is 13.5. The Morgan fingerprint density at radius 2 is 1.56 bits per heavy atom. The fourth-order valence-electron chi connectivity index (χ4n) is 4.84. The number of ether oxygens (including phenoxy) is 2. The van der Waals surface area contributed by atoms with Crippen molar-refractivity contribution in [2.75, 3.05) is 14.2 Å². The van der Waals surface area contributed by atoms with E-state index in [1.165, 1.54) is 14.2 Å². The lowest BCUT2D eigenvalue weighted by Crippen LogP contribution is -2.33. The molecule has 0 bridgehead atoms. The fourth-order valence-corrected chi connectivity index (χ4v) is 4.84. The average molecular weight is 461 g/mol. The van der Waals surface area contributed by atoms with Gasteiger partial charge in [-0.3, -0.25) is 19.4 Å². The van der Waals surface area contributed by atoms with Gasteiger partial charge in [-0.25, -0.2) is 0 Å². The number of pyridine rings is 1. The number of nitrogens with zero attached hydrogens (tertiary/aromatic N) is 1. The van der Waals surface area contributed by atoms with Gasteiger partial charge in [0.1, 0.15) is 0 Å². The summed E-state index contributed by atoms with van der Waals surface area (Å²) in [4.78, 5) is 43.8. The average Bonchev–Trinajstić information content (AvgIpc) is 3.34. The molecule has 0 atom stereocenters. The lowest BCUT2D eigenvalue weighted by molar-refractivity contribution is -0.119. The van der Waals surface area contributed by atoms with Gasteiger partial charge in [0.2, 0.25) is 23.1 Å². The van der Waals surface area contributed by atoms with E-state index in [1.54, 1.807) is 25.4 Å². The van der Waals surface area contributed by atoms with Gasteiger partial charge in [0.25, 0.3) is 5.91 Å². The Labute approximate surface area is 198 Å². The van der Waals surface area contributed by atoms with E-state index in [4.69, 9.17) is 9.47 Å². The number of hydrogen-bond donors (Lipinski definition) is 1. The van der Waals surface area contributed by atoms with Crippen molar-refractivity contribution >= 4 is 23.0 Å². The molecule has 0 aliphatic heterocycles. The Kier molecular flexibility index (Phi) is 6.63. The molecule has 1 saturated carbocycles. The van der Waals surface area contributed by atoms with Crippen molar-refractivity contribution in [3.63, 3.8) is 0 Å². The molecule has 1 heterocycles. The van der Waals surface area contributed by atoms with Crippen molar-refractivity contribution in [3.8, 4) is 11.1 Å². The molecule has 7 nitrogen and oxygen atoms in total. The summed E-state index contributed by atoms with van der Waals surface area (Å²) in [6.07, 6.45) is 7.45. The van der Waals surface area contributed by atoms with Crippen LogP contribution in [0.1, 0.15) is 54.1 Å². The highest BCUT2D eigenvalue weighted by molar-refractivity contribution is 6.38. The smallest absolute Gasteiger partial charge is 0.252 e. The van der Waals surface area contributed by atoms with Crippen molar-refractivity contribution in [3.05, 3.63) is 70.4 Å². The number of rotatable bonds is 6. The first kappa shape index (κ1) is 23.4. The fraction of sp³-hybridized carbons (Fsp3) is 0.333. The quantitative estimate of drug-likeness (QED) is 0.651. The normalized spacial score (nSPS) is 16.8. The topological polar surface area (TPSA) is 94.6 Å². The number of carbonyl (C=O) groups is 3. The number of amides is 1. The molecule has 1 aromatic heterocycles. The van der Waals surface area contributed by atoms with Crippen LogP contribution in [0.15, 0.2) is 53.8 Å². The van der Waals surface area contributed by atoms with E-state index in [2.05, 4.69) is 10.3 Å². The molecule has 0 saturated heterocycles. The van der Waals surface area contributed by atoms with Gasteiger partial charge in [0.05, 0.1) is 14.2 Å². The maximum atomic E-state index is 13.5. The zero-order valence-corrected chi connectivity index (χ0v) is 19.9. The molecule has 1 aromatic carbocycles. The standard InChI is InChI=1S/C27H28N2O5/c1-15-13-18(22-16(2)23(30)25(33-3)26(34-4)24(22)31)14-20(21(15)17-9-11-28-12-10-17)27(32)29-19-7-5-6-8-19/h9-14,19H,5-8H2,1-4H3,(H,29,32). The van der Waals surface area contributed by atoms with Gasteiger partial charge >= 0.3 is 0 Å². The number of aryl methyl sites for hydroxylation is 1. The van der Waals surface area contributed by atoms with E-state index in [1.807, 2.05) is 25.1 Å². The number of methoxy groups -OCH3 is 2. The molecular weight excluding hydrogens is 432 g/mol. The highest BCUT2D eigenvalue weighted by Gasteiger charge is 2.36. The second kappa shape index (κ2) is 9.63. The first-order valence-electron chi connectivity index (χ1n) is 11.4. The molecule has 0 spiro atoms. The van der Waals surface area contributed by atoms with Crippen LogP contribution in [0.2, 0.25) is 0 Å². The van der Waals surface area contributed by atoms with Crippen LogP contribution in [0.3, 0.4) is 0 Å². The molecule has 2 aromatic rings. The summed E-state index contributed by atoms with van der Waals surface area (Å²) < 4.78 is 10.4. The first-order valence-corrected chi connectivity index (χ1v) is 11.4. The third-order valence-electron chi connectivity index (χ3n) is 6.50. The van der Waals surface area contributed by atoms with Gasteiger partial charge in [0, 0.05) is 35.1 Å². The summed E-state index contributed by atoms with van der Waals surface area (Å²) in [6.45, 7) is 3.48. The number of Topliss-reactive ketones (excluding diaryl/α,β-unsaturated/α-hetero) is 2. The SMILES string of the molecule is COC1=C(OC)C(=O)C(c2cc(C)c(-c3ccncc3)c(C(=O)NC3CCCC3)c2)=C(C)C1=O. The summed E-state index contributed by atoms with van der Waals surface area (Å²) in [6, 6.07) is 7.36. The summed E-state index contributed by atoms with van der Waals surface area (Å²) in [5.41, 5.74) is 3.84. The van der Waals surface area contributed by atoms with Gasteiger partial charge in [-0.1, -0.05) is 18.9 Å². The van der Waals surface area contributed by atoms with Gasteiger partial charge < -0.3 is 14.8 Å². The highest BCUT2D eigenvalue weighted by atomic mass is 16.5. The molecule has 4 rings (SSSR count). The Balaban J connectivity index is 1.87. The van der Waals surface area contributed by atoms with Crippen LogP contribution in [0.4, 0.5) is 0 Å². The molecule has 2 aliphatic rings. The number of carbonyl (C=O) groups excluding carboxylic acids is 3. The molecule has 1 fully saturated rings. The van der Waals surface area contributed by atoms with E-state index in [0.29, 0.717) is 11.1 Å². The number of ketones is 2. The van der Waals surface area contributed by atoms with E-state index in [-0.39, 0.29) is 34.6 Å². The highest BCUT2D eigenvalue weighted by Crippen LogP contribution is 2.36. The van der Waals surface area contributed by atoms with Crippen molar-refractivity contribution < 1.29 is 23.9 Å². The van der Waals surface area contributed by atoms with Crippen LogP contribution in [0.25, 0.3) is 16.7 Å². The minimum absolute atomic E-state index is 0.113. The second-order valence-electron chi connectivity index (χ2n) is 8.63. The summed E-state index contributed by atoms with van der Waals surface area (Å²) >= 11 is 0. The molecule has 176 valence electrons. The van der Waals surface area contributed by atoms with E-state index < -0.39 is 11.6 Å². The van der Waals surface area contributed by atoms with Crippen molar-refractivity contribution in [1.82, 2.24) is 10.3 Å². The van der Waals surface area contributed by atoms with Gasteiger partial charge in [-0.15, -0.1) is 0 Å². The zero-order chi connectivity index (χ0) is 24.4. The van der Waals surface area contributed by atoms with Crippen molar-refractivity contribution in [2.45, 2.75) is 45.6 Å². The van der Waals surface area contributed by atoms with Gasteiger partial charge in [0.15, 0.2) is 0 Å². The van der Waals surface area contributed by atoms with E-state index in [9.17, 15) is 14.4 Å². The third-order valence-corrected chi connectivity index (χ3v) is 6.50. The van der Waals surface area contributed by atoms with Crippen LogP contribution in [0.5, 0.6) is 0 Å². The molecule has 0 unspecified atom stereocenters. The number of aromatic nitrogens is 1. The maximum Gasteiger partial charge on any atom is 0.252 e. The summed E-state index contributed by atoms with van der Waals surface area (Å²) in [5.74, 6) is -1.31. The molecule has 7 heteroatoms. The first-order chi connectivity index (χ1) is 16.4. The minimum atomic E-state index is -0.449. The molecule has 1 amide bonds. The largest absolute Gasteiger partial charge is 0.489 e. The van der Waals surface area contributed by atoms with Gasteiger partial charge in [-0.05, 0) is 67.1 Å². The predicted octanol–water partition coefficient (Wildman–Crippen LogP) is 4.16. The monoisotopic (exact) mass is 460 g/mol. The second-order valence-corrected chi connectivity index (χ2v) is 8.63. The Morgan fingerprint density at radius 1 is 0.941 bits per heavy atom. The molecule has 0 radical (unpaired) electrons. The molecular formula is C27H28N2O5. The van der Waals surface area contributed by atoms with Crippen LogP contribution in [0, 0.1) is 6.92 Å². The Morgan fingerprint density at radius 3 is 2.18 bits per heavy atom. The van der Waals surface area contributed by atoms with Crippen LogP contribution >= 0.6 is 0 Å². The number of benzene rings is 1. The summed E-state index contributed by atoms with van der Waals surface area (Å²) in [7, 11) is 2.66. The van der Waals surface area contributed by atoms with Crippen LogP contribution in [-0.2, 0) is 19.1 Å². The Bertz CT molecular complexity index is 1220. The Hall–Kier alpha value is -3.74. The molecule has 1 N–H and O–H groups in total. The lowest BCUT2D eigenvalue weighted by Gasteiger charge is -2.22. The van der Waals surface area contributed by atoms with E-state index in [0.717, 1.165) is 42.4 Å². The van der Waals surface area contributed by atoms with Crippen molar-refractivity contribution in [2.24, 2.45) is 0 Å². The molecule has 34 heavy (non-hydrogen) atoms. The molecule has 2 aliphatic carbocycles. The van der Waals surface area contributed by atoms with Gasteiger partial charge in [-0.2, -0.15) is 0 Å². The van der Waals surface area contributed by atoms with Crippen LogP contribution < -0.4 is 5.32 Å². The zero-order valence-electron chi connectivity index (χ0n) is 19.9.